The van der Waals surface area contributed by atoms with Gasteiger partial charge in [0.25, 0.3) is 0 Å². The van der Waals surface area contributed by atoms with Crippen LogP contribution in [0.3, 0.4) is 0 Å². The zero-order valence-electron chi connectivity index (χ0n) is 9.25. The van der Waals surface area contributed by atoms with Crippen molar-refractivity contribution < 1.29 is 4.39 Å². The third-order valence-corrected chi connectivity index (χ3v) is 2.52. The smallest absolute Gasteiger partial charge is 0.141 e. The summed E-state index contributed by atoms with van der Waals surface area (Å²) in [7, 11) is 0. The van der Waals surface area contributed by atoms with Crippen LogP contribution >= 0.6 is 0 Å². The van der Waals surface area contributed by atoms with Gasteiger partial charge in [0, 0.05) is 12.2 Å². The zero-order chi connectivity index (χ0) is 11.1. The molecule has 0 saturated heterocycles. The van der Waals surface area contributed by atoms with Crippen molar-refractivity contribution in [3.8, 4) is 0 Å². The molecule has 2 nitrogen and oxygen atoms in total. The molecule has 1 heterocycles. The maximum atomic E-state index is 12.9. The highest BCUT2D eigenvalue weighted by Gasteiger charge is 2.06. The van der Waals surface area contributed by atoms with E-state index in [0.717, 1.165) is 18.4 Å². The van der Waals surface area contributed by atoms with E-state index in [-0.39, 0.29) is 11.9 Å². The lowest BCUT2D eigenvalue weighted by Gasteiger charge is -2.11. The molecular weight excluding hydrogens is 191 g/mol. The molecule has 1 atom stereocenters. The van der Waals surface area contributed by atoms with Crippen LogP contribution in [0.15, 0.2) is 18.5 Å². The maximum Gasteiger partial charge on any atom is 0.141 e. The number of pyridine rings is 1. The minimum Gasteiger partial charge on any atom is -0.324 e. The summed E-state index contributed by atoms with van der Waals surface area (Å²) in [5.41, 5.74) is 6.74. The van der Waals surface area contributed by atoms with Gasteiger partial charge in [-0.15, -0.1) is 0 Å². The number of nitrogens with two attached hydrogens (primary N) is 1. The molecule has 0 aliphatic heterocycles. The number of aromatic nitrogens is 1. The first kappa shape index (κ1) is 12.1. The number of hydrogen-bond acceptors (Lipinski definition) is 2. The standard InChI is InChI=1S/C12H19FN2/c1-2-3-4-5-6-12(14)10-7-11(13)9-15-8-10/h7-9,12H,2-6,14H2,1H3. The molecule has 3 heteroatoms. The van der Waals surface area contributed by atoms with Gasteiger partial charge in [0.15, 0.2) is 0 Å². The average molecular weight is 210 g/mol. The highest BCUT2D eigenvalue weighted by molar-refractivity contribution is 5.14. The number of unbranched alkanes of at least 4 members (excludes halogenated alkanes) is 3. The Labute approximate surface area is 90.7 Å². The van der Waals surface area contributed by atoms with E-state index >= 15 is 0 Å². The summed E-state index contributed by atoms with van der Waals surface area (Å²) >= 11 is 0. The molecule has 1 aromatic rings. The lowest BCUT2D eigenvalue weighted by molar-refractivity contribution is 0.557. The highest BCUT2D eigenvalue weighted by Crippen LogP contribution is 2.17. The van der Waals surface area contributed by atoms with E-state index in [1.165, 1.54) is 31.5 Å². The molecular formula is C12H19FN2. The molecule has 0 spiro atoms. The van der Waals surface area contributed by atoms with Gasteiger partial charge in [-0.1, -0.05) is 32.6 Å². The van der Waals surface area contributed by atoms with Crippen LogP contribution in [0.4, 0.5) is 4.39 Å². The summed E-state index contributed by atoms with van der Waals surface area (Å²) in [6.07, 6.45) is 8.52. The van der Waals surface area contributed by atoms with Crippen molar-refractivity contribution in [1.29, 1.82) is 0 Å². The number of rotatable bonds is 6. The molecule has 1 aromatic heterocycles. The van der Waals surface area contributed by atoms with E-state index in [1.54, 1.807) is 6.20 Å². The first-order valence-corrected chi connectivity index (χ1v) is 5.60. The van der Waals surface area contributed by atoms with Gasteiger partial charge in [-0.05, 0) is 18.1 Å². The number of halogens is 1. The Morgan fingerprint density at radius 2 is 2.13 bits per heavy atom. The van der Waals surface area contributed by atoms with Gasteiger partial charge >= 0.3 is 0 Å². The fraction of sp³-hybridized carbons (Fsp3) is 0.583. The highest BCUT2D eigenvalue weighted by atomic mass is 19.1. The third-order valence-electron chi connectivity index (χ3n) is 2.52. The molecule has 0 aromatic carbocycles. The van der Waals surface area contributed by atoms with Gasteiger partial charge < -0.3 is 5.73 Å². The Balaban J connectivity index is 2.36. The average Bonchev–Trinajstić information content (AvgIpc) is 2.24. The summed E-state index contributed by atoms with van der Waals surface area (Å²) in [5, 5.41) is 0. The predicted molar refractivity (Wildman–Crippen MR) is 59.9 cm³/mol. The molecule has 15 heavy (non-hydrogen) atoms. The SMILES string of the molecule is CCCCCCC(N)c1cncc(F)c1. The van der Waals surface area contributed by atoms with Crippen LogP contribution < -0.4 is 5.73 Å². The zero-order valence-corrected chi connectivity index (χ0v) is 9.25. The van der Waals surface area contributed by atoms with Crippen molar-refractivity contribution in [2.45, 2.75) is 45.1 Å². The van der Waals surface area contributed by atoms with Gasteiger partial charge in [-0.3, -0.25) is 4.98 Å². The molecule has 1 unspecified atom stereocenters. The van der Waals surface area contributed by atoms with Crippen molar-refractivity contribution in [1.82, 2.24) is 4.98 Å². The molecule has 0 bridgehead atoms. The summed E-state index contributed by atoms with van der Waals surface area (Å²) < 4.78 is 12.9. The minimum absolute atomic E-state index is 0.0787. The molecule has 0 aliphatic carbocycles. The lowest BCUT2D eigenvalue weighted by Crippen LogP contribution is -2.10. The third kappa shape index (κ3) is 4.38. The van der Waals surface area contributed by atoms with Crippen LogP contribution in [0.5, 0.6) is 0 Å². The van der Waals surface area contributed by atoms with E-state index < -0.39 is 0 Å². The van der Waals surface area contributed by atoms with E-state index in [9.17, 15) is 4.39 Å². The van der Waals surface area contributed by atoms with Gasteiger partial charge in [0.2, 0.25) is 0 Å². The summed E-state index contributed by atoms with van der Waals surface area (Å²) in [6, 6.07) is 1.39. The van der Waals surface area contributed by atoms with E-state index in [0.29, 0.717) is 0 Å². The molecule has 0 saturated carbocycles. The Morgan fingerprint density at radius 1 is 1.33 bits per heavy atom. The molecule has 2 N–H and O–H groups in total. The maximum absolute atomic E-state index is 12.9. The molecule has 0 radical (unpaired) electrons. The fourth-order valence-electron chi connectivity index (χ4n) is 1.59. The van der Waals surface area contributed by atoms with Crippen LogP contribution in [0, 0.1) is 5.82 Å². The second kappa shape index (κ2) is 6.51. The van der Waals surface area contributed by atoms with Crippen molar-refractivity contribution in [3.05, 3.63) is 29.8 Å². The number of nitrogens with zero attached hydrogens (tertiary/aromatic N) is 1. The monoisotopic (exact) mass is 210 g/mol. The van der Waals surface area contributed by atoms with Gasteiger partial charge in [-0.25, -0.2) is 4.39 Å². The lowest BCUT2D eigenvalue weighted by atomic mass is 10.0. The minimum atomic E-state index is -0.309. The first-order valence-electron chi connectivity index (χ1n) is 5.60. The Hall–Kier alpha value is -0.960. The molecule has 84 valence electrons. The summed E-state index contributed by atoms with van der Waals surface area (Å²) in [6.45, 7) is 2.18. The summed E-state index contributed by atoms with van der Waals surface area (Å²) in [5.74, 6) is -0.309. The predicted octanol–water partition coefficient (Wildman–Crippen LogP) is 3.19. The Bertz CT molecular complexity index is 289. The van der Waals surface area contributed by atoms with Crippen LogP contribution in [-0.4, -0.2) is 4.98 Å². The quantitative estimate of drug-likeness (QED) is 0.732. The van der Waals surface area contributed by atoms with Gasteiger partial charge in [0.05, 0.1) is 6.20 Å². The fourth-order valence-corrected chi connectivity index (χ4v) is 1.59. The Morgan fingerprint density at radius 3 is 2.80 bits per heavy atom. The van der Waals surface area contributed by atoms with Crippen molar-refractivity contribution in [3.63, 3.8) is 0 Å². The Kier molecular flexibility index (Phi) is 5.26. The van der Waals surface area contributed by atoms with Gasteiger partial charge in [0.1, 0.15) is 5.82 Å². The molecule has 1 rings (SSSR count). The second-order valence-electron chi connectivity index (χ2n) is 3.89. The van der Waals surface area contributed by atoms with Gasteiger partial charge in [-0.2, -0.15) is 0 Å². The molecule has 0 aliphatic rings. The largest absolute Gasteiger partial charge is 0.324 e. The van der Waals surface area contributed by atoms with Crippen molar-refractivity contribution in [2.75, 3.05) is 0 Å². The first-order chi connectivity index (χ1) is 7.24. The summed E-state index contributed by atoms with van der Waals surface area (Å²) in [4.78, 5) is 3.79. The second-order valence-corrected chi connectivity index (χ2v) is 3.89. The molecule has 0 fully saturated rings. The normalized spacial score (nSPS) is 12.7. The van der Waals surface area contributed by atoms with Crippen LogP contribution in [0.1, 0.15) is 50.6 Å². The van der Waals surface area contributed by atoms with Crippen molar-refractivity contribution in [2.24, 2.45) is 5.73 Å². The van der Waals surface area contributed by atoms with Crippen LogP contribution in [-0.2, 0) is 0 Å². The van der Waals surface area contributed by atoms with E-state index in [4.69, 9.17) is 5.73 Å². The van der Waals surface area contributed by atoms with E-state index in [2.05, 4.69) is 11.9 Å². The van der Waals surface area contributed by atoms with Crippen LogP contribution in [0.2, 0.25) is 0 Å². The van der Waals surface area contributed by atoms with E-state index in [1.807, 2.05) is 0 Å². The topological polar surface area (TPSA) is 38.9 Å². The molecule has 0 amide bonds. The van der Waals surface area contributed by atoms with Crippen molar-refractivity contribution >= 4 is 0 Å². The number of hydrogen-bond donors (Lipinski definition) is 1. The van der Waals surface area contributed by atoms with Crippen LogP contribution in [0.25, 0.3) is 0 Å².